The zero-order valence-electron chi connectivity index (χ0n) is 13.2. The second kappa shape index (κ2) is 7.91. The number of carbonyl (C=O) groups is 1. The molecule has 2 aromatic rings. The second-order valence-electron chi connectivity index (χ2n) is 6.05. The van der Waals surface area contributed by atoms with Gasteiger partial charge < -0.3 is 4.74 Å². The first-order valence-corrected chi connectivity index (χ1v) is 8.91. The highest BCUT2D eigenvalue weighted by Gasteiger charge is 2.15. The molecular weight excluding hydrogens is 345 g/mol. The summed E-state index contributed by atoms with van der Waals surface area (Å²) in [6, 6.07) is 12.7. The van der Waals surface area contributed by atoms with E-state index in [1.165, 1.54) is 37.7 Å². The maximum atomic E-state index is 12.0. The molecule has 2 aromatic carbocycles. The van der Waals surface area contributed by atoms with Gasteiger partial charge in [-0.3, -0.25) is 5.32 Å². The monoisotopic (exact) mass is 363 g/mol. The molecule has 1 amide bonds. The summed E-state index contributed by atoms with van der Waals surface area (Å²) in [7, 11) is 0. The van der Waals surface area contributed by atoms with Gasteiger partial charge in [-0.25, -0.2) is 4.79 Å². The van der Waals surface area contributed by atoms with Crippen molar-refractivity contribution in [3.63, 3.8) is 0 Å². The first kappa shape index (κ1) is 17.1. The topological polar surface area (TPSA) is 38.3 Å². The molecule has 0 unspecified atom stereocenters. The number of carbonyl (C=O) groups excluding carboxylic acids is 1. The minimum absolute atomic E-state index is 0.381. The van der Waals surface area contributed by atoms with E-state index in [2.05, 4.69) is 17.4 Å². The molecule has 5 heteroatoms. The normalized spacial score (nSPS) is 15.1. The van der Waals surface area contributed by atoms with Crippen molar-refractivity contribution in [2.45, 2.75) is 38.0 Å². The van der Waals surface area contributed by atoms with Crippen LogP contribution in [0.3, 0.4) is 0 Å². The zero-order chi connectivity index (χ0) is 16.9. The first-order valence-electron chi connectivity index (χ1n) is 8.15. The number of rotatable bonds is 3. The van der Waals surface area contributed by atoms with Gasteiger partial charge in [-0.05, 0) is 54.7 Å². The molecule has 24 heavy (non-hydrogen) atoms. The Bertz CT molecular complexity index is 710. The van der Waals surface area contributed by atoms with Gasteiger partial charge >= 0.3 is 6.09 Å². The third-order valence-electron chi connectivity index (χ3n) is 4.33. The molecule has 1 aliphatic rings. The molecule has 1 N–H and O–H groups in total. The Morgan fingerprint density at radius 3 is 2.33 bits per heavy atom. The second-order valence-corrected chi connectivity index (χ2v) is 6.86. The molecule has 1 saturated carbocycles. The van der Waals surface area contributed by atoms with Crippen LogP contribution < -0.4 is 10.1 Å². The van der Waals surface area contributed by atoms with Gasteiger partial charge in [0.05, 0.1) is 10.0 Å². The summed E-state index contributed by atoms with van der Waals surface area (Å²) in [5.74, 6) is 1.16. The molecule has 0 radical (unpaired) electrons. The number of anilines is 1. The lowest BCUT2D eigenvalue weighted by Crippen LogP contribution is -2.16. The van der Waals surface area contributed by atoms with Gasteiger partial charge in [0.2, 0.25) is 0 Å². The minimum atomic E-state index is -0.557. The molecule has 3 rings (SSSR count). The zero-order valence-corrected chi connectivity index (χ0v) is 14.7. The lowest BCUT2D eigenvalue weighted by Gasteiger charge is -2.22. The molecule has 126 valence electrons. The van der Waals surface area contributed by atoms with E-state index in [9.17, 15) is 4.79 Å². The fraction of sp³-hybridized carbons (Fsp3) is 0.316. The highest BCUT2D eigenvalue weighted by atomic mass is 35.5. The van der Waals surface area contributed by atoms with E-state index in [1.807, 2.05) is 12.1 Å². The number of hydrogen-bond donors (Lipinski definition) is 1. The summed E-state index contributed by atoms with van der Waals surface area (Å²) in [6.45, 7) is 0. The van der Waals surface area contributed by atoms with Crippen LogP contribution >= 0.6 is 23.2 Å². The largest absolute Gasteiger partial charge is 0.417 e. The summed E-state index contributed by atoms with van der Waals surface area (Å²) >= 11 is 11.8. The van der Waals surface area contributed by atoms with Crippen molar-refractivity contribution in [3.8, 4) is 5.75 Å². The van der Waals surface area contributed by atoms with E-state index in [1.54, 1.807) is 18.2 Å². The van der Waals surface area contributed by atoms with Crippen LogP contribution in [0.4, 0.5) is 10.5 Å². The van der Waals surface area contributed by atoms with Gasteiger partial charge in [-0.2, -0.15) is 0 Å². The Hall–Kier alpha value is -1.71. The summed E-state index contributed by atoms with van der Waals surface area (Å²) in [6.07, 6.45) is 5.88. The average molecular weight is 364 g/mol. The number of ether oxygens (including phenoxy) is 1. The molecule has 0 aromatic heterocycles. The fourth-order valence-electron chi connectivity index (χ4n) is 3.07. The number of hydrogen-bond acceptors (Lipinski definition) is 2. The Balaban J connectivity index is 1.58. The van der Waals surface area contributed by atoms with Crippen molar-refractivity contribution < 1.29 is 9.53 Å². The Kier molecular flexibility index (Phi) is 5.64. The Labute approximate surface area is 151 Å². The quantitative estimate of drug-likeness (QED) is 0.662. The maximum Gasteiger partial charge on any atom is 0.417 e. The van der Waals surface area contributed by atoms with E-state index in [0.717, 1.165) is 0 Å². The highest BCUT2D eigenvalue weighted by Crippen LogP contribution is 2.33. The van der Waals surface area contributed by atoms with Gasteiger partial charge in [-0.15, -0.1) is 0 Å². The predicted octanol–water partition coefficient (Wildman–Crippen LogP) is 6.65. The SMILES string of the molecule is O=C(Nc1ccc(Cl)c(Cl)c1)Oc1ccc(C2CCCCC2)cc1. The molecule has 1 fully saturated rings. The number of amides is 1. The van der Waals surface area contributed by atoms with Gasteiger partial charge in [0.1, 0.15) is 5.75 Å². The molecule has 0 bridgehead atoms. The molecule has 0 aliphatic heterocycles. The summed E-state index contributed by atoms with van der Waals surface area (Å²) < 4.78 is 5.30. The van der Waals surface area contributed by atoms with Crippen LogP contribution in [0, 0.1) is 0 Å². The smallest absolute Gasteiger partial charge is 0.410 e. The Morgan fingerprint density at radius 1 is 0.958 bits per heavy atom. The van der Waals surface area contributed by atoms with Crippen LogP contribution in [0.2, 0.25) is 10.0 Å². The Morgan fingerprint density at radius 2 is 1.67 bits per heavy atom. The minimum Gasteiger partial charge on any atom is -0.410 e. The van der Waals surface area contributed by atoms with E-state index < -0.39 is 6.09 Å². The van der Waals surface area contributed by atoms with Crippen LogP contribution in [-0.2, 0) is 0 Å². The standard InChI is InChI=1S/C19H19Cl2NO2/c20-17-11-8-15(12-18(17)21)22-19(23)24-16-9-6-14(7-10-16)13-4-2-1-3-5-13/h6-13H,1-5H2,(H,22,23). The number of nitrogens with one attached hydrogen (secondary N) is 1. The van der Waals surface area contributed by atoms with E-state index in [0.29, 0.717) is 27.4 Å². The first-order chi connectivity index (χ1) is 11.6. The highest BCUT2D eigenvalue weighted by molar-refractivity contribution is 6.42. The summed E-state index contributed by atoms with van der Waals surface area (Å²) in [4.78, 5) is 12.0. The van der Waals surface area contributed by atoms with Crippen molar-refractivity contribution in [2.75, 3.05) is 5.32 Å². The van der Waals surface area contributed by atoms with E-state index in [-0.39, 0.29) is 0 Å². The number of halogens is 2. The molecule has 3 nitrogen and oxygen atoms in total. The van der Waals surface area contributed by atoms with Gasteiger partial charge in [0.25, 0.3) is 0 Å². The van der Waals surface area contributed by atoms with Gasteiger partial charge in [-0.1, -0.05) is 54.6 Å². The van der Waals surface area contributed by atoms with Crippen molar-refractivity contribution in [1.82, 2.24) is 0 Å². The molecule has 1 aliphatic carbocycles. The fourth-order valence-corrected chi connectivity index (χ4v) is 3.37. The molecule has 0 spiro atoms. The molecular formula is C19H19Cl2NO2. The van der Waals surface area contributed by atoms with Crippen molar-refractivity contribution in [3.05, 3.63) is 58.1 Å². The maximum absolute atomic E-state index is 12.0. The van der Waals surface area contributed by atoms with Crippen LogP contribution in [-0.4, -0.2) is 6.09 Å². The third-order valence-corrected chi connectivity index (χ3v) is 5.07. The molecule has 0 saturated heterocycles. The average Bonchev–Trinajstić information content (AvgIpc) is 2.59. The summed E-state index contributed by atoms with van der Waals surface area (Å²) in [5, 5.41) is 3.45. The van der Waals surface area contributed by atoms with Crippen LogP contribution in [0.25, 0.3) is 0 Å². The van der Waals surface area contributed by atoms with E-state index in [4.69, 9.17) is 27.9 Å². The predicted molar refractivity (Wildman–Crippen MR) is 98.4 cm³/mol. The molecule has 0 heterocycles. The number of benzene rings is 2. The summed E-state index contributed by atoms with van der Waals surface area (Å²) in [5.41, 5.74) is 1.86. The lowest BCUT2D eigenvalue weighted by molar-refractivity contribution is 0.215. The third kappa shape index (κ3) is 4.43. The lowest BCUT2D eigenvalue weighted by atomic mass is 9.84. The van der Waals surface area contributed by atoms with Gasteiger partial charge in [0, 0.05) is 5.69 Å². The van der Waals surface area contributed by atoms with Crippen LogP contribution in [0.1, 0.15) is 43.6 Å². The molecule has 0 atom stereocenters. The van der Waals surface area contributed by atoms with Crippen molar-refractivity contribution in [1.29, 1.82) is 0 Å². The van der Waals surface area contributed by atoms with E-state index >= 15 is 0 Å². The van der Waals surface area contributed by atoms with Crippen LogP contribution in [0.15, 0.2) is 42.5 Å². The van der Waals surface area contributed by atoms with Crippen molar-refractivity contribution in [2.24, 2.45) is 0 Å². The van der Waals surface area contributed by atoms with Crippen LogP contribution in [0.5, 0.6) is 5.75 Å². The van der Waals surface area contributed by atoms with Crippen molar-refractivity contribution >= 4 is 35.0 Å². The van der Waals surface area contributed by atoms with Gasteiger partial charge in [0.15, 0.2) is 0 Å².